The van der Waals surface area contributed by atoms with Gasteiger partial charge in [-0.15, -0.1) is 0 Å². The molecule has 0 aromatic heterocycles. The number of halogens is 5. The molecule has 2 aromatic carbocycles. The van der Waals surface area contributed by atoms with Crippen molar-refractivity contribution < 1.29 is 26.4 Å². The van der Waals surface area contributed by atoms with E-state index >= 15 is 0 Å². The predicted molar refractivity (Wildman–Crippen MR) is 113 cm³/mol. The Kier molecular flexibility index (Phi) is 7.20. The van der Waals surface area contributed by atoms with Crippen LogP contribution >= 0.6 is 23.2 Å². The van der Waals surface area contributed by atoms with E-state index in [4.69, 9.17) is 23.2 Å². The van der Waals surface area contributed by atoms with E-state index in [2.05, 4.69) is 5.32 Å². The highest BCUT2D eigenvalue weighted by Gasteiger charge is 2.35. The van der Waals surface area contributed by atoms with E-state index in [1.807, 2.05) is 0 Å². The molecule has 0 atom stereocenters. The van der Waals surface area contributed by atoms with Crippen molar-refractivity contribution in [2.45, 2.75) is 24.8 Å². The molecule has 0 spiro atoms. The first-order chi connectivity index (χ1) is 14.5. The monoisotopic (exact) mass is 494 g/mol. The van der Waals surface area contributed by atoms with Crippen LogP contribution in [0.25, 0.3) is 0 Å². The highest BCUT2D eigenvalue weighted by molar-refractivity contribution is 7.88. The van der Waals surface area contributed by atoms with Gasteiger partial charge < -0.3 is 5.32 Å². The molecule has 11 heteroatoms. The van der Waals surface area contributed by atoms with Gasteiger partial charge >= 0.3 is 6.18 Å². The van der Waals surface area contributed by atoms with E-state index in [1.54, 1.807) is 12.1 Å². The maximum absolute atomic E-state index is 13.1. The van der Waals surface area contributed by atoms with Gasteiger partial charge in [-0.05, 0) is 42.7 Å². The largest absolute Gasteiger partial charge is 0.418 e. The molecule has 3 rings (SSSR count). The summed E-state index contributed by atoms with van der Waals surface area (Å²) in [6, 6.07) is 9.29. The maximum atomic E-state index is 13.1. The van der Waals surface area contributed by atoms with Crippen molar-refractivity contribution in [3.8, 4) is 0 Å². The lowest BCUT2D eigenvalue weighted by Gasteiger charge is -2.30. The third-order valence-corrected chi connectivity index (χ3v) is 7.48. The van der Waals surface area contributed by atoms with Crippen LogP contribution in [0.3, 0.4) is 0 Å². The zero-order valence-corrected chi connectivity index (χ0v) is 18.5. The first-order valence-electron chi connectivity index (χ1n) is 9.36. The third-order valence-electron chi connectivity index (χ3n) is 5.06. The van der Waals surface area contributed by atoms with Crippen molar-refractivity contribution in [2.24, 2.45) is 5.92 Å². The number of anilines is 1. The SMILES string of the molecule is O=C(Nc1ccccc1C(F)(F)F)C1CCN(S(=O)(=O)Cc2ccc(Cl)cc2Cl)CC1. The van der Waals surface area contributed by atoms with Crippen LogP contribution in [0.5, 0.6) is 0 Å². The van der Waals surface area contributed by atoms with Gasteiger partial charge in [0.05, 0.1) is 17.0 Å². The maximum Gasteiger partial charge on any atom is 0.418 e. The molecule has 168 valence electrons. The Bertz CT molecular complexity index is 1070. The number of carbonyl (C=O) groups excluding carboxylic acids is 1. The molecule has 0 radical (unpaired) electrons. The minimum Gasteiger partial charge on any atom is -0.325 e. The predicted octanol–water partition coefficient (Wildman–Crippen LogP) is 5.19. The number of carbonyl (C=O) groups is 1. The lowest BCUT2D eigenvalue weighted by molar-refractivity contribution is -0.137. The summed E-state index contributed by atoms with van der Waals surface area (Å²) in [6.45, 7) is 0.180. The number of alkyl halides is 3. The van der Waals surface area contributed by atoms with Crippen molar-refractivity contribution in [1.82, 2.24) is 4.31 Å². The van der Waals surface area contributed by atoms with E-state index in [1.165, 1.54) is 28.6 Å². The van der Waals surface area contributed by atoms with E-state index in [0.717, 1.165) is 6.07 Å². The summed E-state index contributed by atoms with van der Waals surface area (Å²) in [4.78, 5) is 12.5. The average Bonchev–Trinajstić information content (AvgIpc) is 2.70. The van der Waals surface area contributed by atoms with Crippen molar-refractivity contribution in [3.63, 3.8) is 0 Å². The molecular formula is C20H19Cl2F3N2O3S. The van der Waals surface area contributed by atoms with Crippen LogP contribution in [0.4, 0.5) is 18.9 Å². The van der Waals surface area contributed by atoms with Gasteiger partial charge in [0.25, 0.3) is 0 Å². The van der Waals surface area contributed by atoms with Crippen LogP contribution in [0.1, 0.15) is 24.0 Å². The van der Waals surface area contributed by atoms with Gasteiger partial charge in [-0.25, -0.2) is 12.7 Å². The molecule has 31 heavy (non-hydrogen) atoms. The fourth-order valence-corrected chi connectivity index (χ4v) is 5.55. The van der Waals surface area contributed by atoms with Crippen molar-refractivity contribution in [2.75, 3.05) is 18.4 Å². The van der Waals surface area contributed by atoms with E-state index < -0.39 is 33.6 Å². The number of piperidine rings is 1. The molecular weight excluding hydrogens is 476 g/mol. The molecule has 0 unspecified atom stereocenters. The Labute approximate surface area is 188 Å². The molecule has 0 saturated carbocycles. The minimum atomic E-state index is -4.59. The minimum absolute atomic E-state index is 0.0898. The number of nitrogens with one attached hydrogen (secondary N) is 1. The second-order valence-electron chi connectivity index (χ2n) is 7.20. The summed E-state index contributed by atoms with van der Waals surface area (Å²) in [6.07, 6.45) is -4.19. The van der Waals surface area contributed by atoms with Gasteiger partial charge in [0.2, 0.25) is 15.9 Å². The van der Waals surface area contributed by atoms with Crippen LogP contribution in [0.2, 0.25) is 10.0 Å². The van der Waals surface area contributed by atoms with Crippen LogP contribution in [-0.4, -0.2) is 31.7 Å². The normalized spacial score (nSPS) is 16.3. The Morgan fingerprint density at radius 1 is 1.10 bits per heavy atom. The summed E-state index contributed by atoms with van der Waals surface area (Å²) in [7, 11) is -3.68. The van der Waals surface area contributed by atoms with Gasteiger partial charge in [0, 0.05) is 29.1 Å². The molecule has 1 saturated heterocycles. The topological polar surface area (TPSA) is 66.5 Å². The molecule has 1 N–H and O–H groups in total. The van der Waals surface area contributed by atoms with E-state index in [9.17, 15) is 26.4 Å². The zero-order chi connectivity index (χ0) is 22.8. The Balaban J connectivity index is 1.62. The quantitative estimate of drug-likeness (QED) is 0.621. The summed E-state index contributed by atoms with van der Waals surface area (Å²) in [5, 5.41) is 2.97. The van der Waals surface area contributed by atoms with Crippen molar-refractivity contribution in [1.29, 1.82) is 0 Å². The molecule has 1 fully saturated rings. The van der Waals surface area contributed by atoms with Crippen LogP contribution in [0, 0.1) is 5.92 Å². The number of nitrogens with zero attached hydrogens (tertiary/aromatic N) is 1. The summed E-state index contributed by atoms with van der Waals surface area (Å²) in [5.74, 6) is -1.46. The molecule has 1 heterocycles. The lowest BCUT2D eigenvalue weighted by atomic mass is 9.97. The van der Waals surface area contributed by atoms with Crippen LogP contribution < -0.4 is 5.32 Å². The summed E-state index contributed by atoms with van der Waals surface area (Å²) < 4.78 is 66.1. The number of hydrogen-bond donors (Lipinski definition) is 1. The highest BCUT2D eigenvalue weighted by Crippen LogP contribution is 2.35. The Morgan fingerprint density at radius 3 is 2.35 bits per heavy atom. The third kappa shape index (κ3) is 5.91. The first-order valence-corrected chi connectivity index (χ1v) is 11.7. The number of rotatable bonds is 5. The molecule has 1 aliphatic heterocycles. The fraction of sp³-hybridized carbons (Fsp3) is 0.350. The van der Waals surface area contributed by atoms with E-state index in [-0.39, 0.29) is 42.4 Å². The number of sulfonamides is 1. The number of para-hydroxylation sites is 1. The first kappa shape index (κ1) is 23.8. The molecule has 0 bridgehead atoms. The summed E-state index contributed by atoms with van der Waals surface area (Å²) in [5.41, 5.74) is -0.828. The van der Waals surface area contributed by atoms with Crippen LogP contribution in [0.15, 0.2) is 42.5 Å². The standard InChI is InChI=1S/C20H19Cl2F3N2O3S/c21-15-6-5-14(17(22)11-15)12-31(29,30)27-9-7-13(8-10-27)19(28)26-18-4-2-1-3-16(18)20(23,24)25/h1-6,11,13H,7-10,12H2,(H,26,28). The summed E-state index contributed by atoms with van der Waals surface area (Å²) >= 11 is 11.9. The molecule has 2 aromatic rings. The zero-order valence-electron chi connectivity index (χ0n) is 16.1. The fourth-order valence-electron chi connectivity index (χ4n) is 3.40. The van der Waals surface area contributed by atoms with Crippen molar-refractivity contribution in [3.05, 3.63) is 63.6 Å². The van der Waals surface area contributed by atoms with Crippen molar-refractivity contribution >= 4 is 44.8 Å². The van der Waals surface area contributed by atoms with Gasteiger partial charge in [0.15, 0.2) is 0 Å². The van der Waals surface area contributed by atoms with Gasteiger partial charge in [-0.1, -0.05) is 41.4 Å². The number of benzene rings is 2. The molecule has 0 aliphatic carbocycles. The molecule has 5 nitrogen and oxygen atoms in total. The smallest absolute Gasteiger partial charge is 0.325 e. The molecule has 1 aliphatic rings. The van der Waals surface area contributed by atoms with Gasteiger partial charge in [-0.2, -0.15) is 13.2 Å². The molecule has 1 amide bonds. The number of amides is 1. The Morgan fingerprint density at radius 2 is 1.74 bits per heavy atom. The Hall–Kier alpha value is -1.81. The second kappa shape index (κ2) is 9.36. The van der Waals surface area contributed by atoms with Gasteiger partial charge in [0.1, 0.15) is 0 Å². The second-order valence-corrected chi connectivity index (χ2v) is 10.0. The van der Waals surface area contributed by atoms with Crippen LogP contribution in [-0.2, 0) is 26.7 Å². The van der Waals surface area contributed by atoms with Gasteiger partial charge in [-0.3, -0.25) is 4.79 Å². The highest BCUT2D eigenvalue weighted by atomic mass is 35.5. The lowest BCUT2D eigenvalue weighted by Crippen LogP contribution is -2.42. The number of hydrogen-bond acceptors (Lipinski definition) is 3. The average molecular weight is 495 g/mol. The van der Waals surface area contributed by atoms with E-state index in [0.29, 0.717) is 10.6 Å².